The van der Waals surface area contributed by atoms with Gasteiger partial charge in [0.2, 0.25) is 5.91 Å². The van der Waals surface area contributed by atoms with Gasteiger partial charge in [-0.3, -0.25) is 4.79 Å². The van der Waals surface area contributed by atoms with Gasteiger partial charge in [0.1, 0.15) is 12.1 Å². The predicted octanol–water partition coefficient (Wildman–Crippen LogP) is 3.29. The van der Waals surface area contributed by atoms with Crippen molar-refractivity contribution in [1.82, 2.24) is 14.6 Å². The summed E-state index contributed by atoms with van der Waals surface area (Å²) in [6.07, 6.45) is 3.76. The third-order valence-electron chi connectivity index (χ3n) is 5.67. The number of carbonyl (C=O) groups is 1. The van der Waals surface area contributed by atoms with Crippen LogP contribution in [0.3, 0.4) is 0 Å². The zero-order chi connectivity index (χ0) is 22.1. The summed E-state index contributed by atoms with van der Waals surface area (Å²) in [6.45, 7) is 1.04. The van der Waals surface area contributed by atoms with E-state index in [2.05, 4.69) is 15.4 Å². The lowest BCUT2D eigenvalue weighted by Gasteiger charge is -2.19. The van der Waals surface area contributed by atoms with Gasteiger partial charge in [-0.05, 0) is 53.4 Å². The van der Waals surface area contributed by atoms with Crippen molar-refractivity contribution in [1.29, 1.82) is 0 Å². The molecule has 0 unspecified atom stereocenters. The number of aromatic nitrogens is 3. The smallest absolute Gasteiger partial charge is 0.228 e. The van der Waals surface area contributed by atoms with Crippen LogP contribution >= 0.6 is 0 Å². The van der Waals surface area contributed by atoms with Gasteiger partial charge in [-0.15, -0.1) is 0 Å². The highest BCUT2D eigenvalue weighted by Gasteiger charge is 2.22. The number of nitrogens with one attached hydrogen (secondary N) is 1. The highest BCUT2D eigenvalue weighted by molar-refractivity contribution is 5.92. The minimum absolute atomic E-state index is 0.186. The lowest BCUT2D eigenvalue weighted by molar-refractivity contribution is -0.115. The lowest BCUT2D eigenvalue weighted by Crippen LogP contribution is -2.22. The van der Waals surface area contributed by atoms with Crippen LogP contribution in [0.1, 0.15) is 12.0 Å². The SMILES string of the molecule is O=C(Cc1ccc(-c2ccn3ncnc3c2)cc1)Nc1ccc(N2CC[C@H](O)C2)c(F)c1. The Hall–Kier alpha value is -3.78. The molecule has 1 saturated heterocycles. The average molecular weight is 431 g/mol. The number of aliphatic hydroxyl groups excluding tert-OH is 1. The molecule has 7 nitrogen and oxygen atoms in total. The van der Waals surface area contributed by atoms with Crippen molar-refractivity contribution >= 4 is 22.9 Å². The topological polar surface area (TPSA) is 82.8 Å². The molecule has 32 heavy (non-hydrogen) atoms. The number of nitrogens with zero attached hydrogens (tertiary/aromatic N) is 4. The largest absolute Gasteiger partial charge is 0.391 e. The molecule has 1 atom stereocenters. The minimum Gasteiger partial charge on any atom is -0.391 e. The van der Waals surface area contributed by atoms with Crippen LogP contribution in [0, 0.1) is 5.82 Å². The van der Waals surface area contributed by atoms with Gasteiger partial charge in [0.15, 0.2) is 5.65 Å². The van der Waals surface area contributed by atoms with E-state index in [-0.39, 0.29) is 12.3 Å². The maximum Gasteiger partial charge on any atom is 0.228 e. The molecule has 0 spiro atoms. The van der Waals surface area contributed by atoms with Crippen molar-refractivity contribution in [2.45, 2.75) is 18.9 Å². The van der Waals surface area contributed by atoms with Crippen molar-refractivity contribution in [3.63, 3.8) is 0 Å². The van der Waals surface area contributed by atoms with E-state index < -0.39 is 11.9 Å². The summed E-state index contributed by atoms with van der Waals surface area (Å²) in [5.74, 6) is -0.628. The van der Waals surface area contributed by atoms with E-state index in [1.807, 2.05) is 47.5 Å². The number of pyridine rings is 1. The van der Waals surface area contributed by atoms with E-state index in [0.29, 0.717) is 30.9 Å². The summed E-state index contributed by atoms with van der Waals surface area (Å²) < 4.78 is 16.2. The fraction of sp³-hybridized carbons (Fsp3) is 0.208. The van der Waals surface area contributed by atoms with Crippen molar-refractivity contribution in [3.8, 4) is 11.1 Å². The van der Waals surface area contributed by atoms with Crippen LogP contribution in [-0.2, 0) is 11.2 Å². The summed E-state index contributed by atoms with van der Waals surface area (Å²) in [7, 11) is 0. The van der Waals surface area contributed by atoms with Crippen LogP contribution in [0.15, 0.2) is 67.1 Å². The number of carbonyl (C=O) groups excluding carboxylic acids is 1. The standard InChI is InChI=1S/C24H22FN5O2/c25-21-13-19(5-6-22(21)29-9-8-20(31)14-29)28-24(32)11-16-1-3-17(4-2-16)18-7-10-30-23(12-18)26-15-27-30/h1-7,10,12-13,15,20,31H,8-9,11,14H2,(H,28,32)/t20-/m0/s1. The highest BCUT2D eigenvalue weighted by Crippen LogP contribution is 2.26. The Morgan fingerprint density at radius 3 is 2.72 bits per heavy atom. The first kappa shape index (κ1) is 20.1. The van der Waals surface area contributed by atoms with Crippen LogP contribution in [0.5, 0.6) is 0 Å². The second-order valence-corrected chi connectivity index (χ2v) is 7.95. The molecule has 1 fully saturated rings. The second-order valence-electron chi connectivity index (χ2n) is 7.95. The quantitative estimate of drug-likeness (QED) is 0.507. The molecule has 1 aliphatic rings. The molecule has 1 amide bonds. The molecule has 162 valence electrons. The van der Waals surface area contributed by atoms with Crippen LogP contribution in [0.25, 0.3) is 16.8 Å². The number of fused-ring (bicyclic) bond motifs is 1. The summed E-state index contributed by atoms with van der Waals surface area (Å²) >= 11 is 0. The van der Waals surface area contributed by atoms with Crippen molar-refractivity contribution < 1.29 is 14.3 Å². The number of hydrogen-bond acceptors (Lipinski definition) is 5. The third kappa shape index (κ3) is 4.17. The molecule has 2 aromatic heterocycles. The number of β-amino-alcohol motifs (C(OH)–C–C–N with tert-alkyl or cyclic N) is 1. The number of halogens is 1. The number of rotatable bonds is 5. The Labute approximate surface area is 184 Å². The van der Waals surface area contributed by atoms with Crippen molar-refractivity contribution in [2.75, 3.05) is 23.3 Å². The van der Waals surface area contributed by atoms with E-state index in [9.17, 15) is 14.3 Å². The van der Waals surface area contributed by atoms with Gasteiger partial charge in [0.25, 0.3) is 0 Å². The average Bonchev–Trinajstić information content (AvgIpc) is 3.42. The molecule has 5 rings (SSSR count). The van der Waals surface area contributed by atoms with Gasteiger partial charge in [-0.2, -0.15) is 5.10 Å². The van der Waals surface area contributed by atoms with Crippen LogP contribution in [0.4, 0.5) is 15.8 Å². The maximum absolute atomic E-state index is 14.5. The van der Waals surface area contributed by atoms with Gasteiger partial charge < -0.3 is 15.3 Å². The van der Waals surface area contributed by atoms with E-state index >= 15 is 0 Å². The monoisotopic (exact) mass is 431 g/mol. The molecule has 2 N–H and O–H groups in total. The minimum atomic E-state index is -0.425. The molecule has 4 aromatic rings. The van der Waals surface area contributed by atoms with E-state index in [1.165, 1.54) is 12.4 Å². The molecule has 2 aromatic carbocycles. The number of hydrogen-bond donors (Lipinski definition) is 2. The molecule has 0 saturated carbocycles. The maximum atomic E-state index is 14.5. The Morgan fingerprint density at radius 1 is 1.12 bits per heavy atom. The van der Waals surface area contributed by atoms with Crippen LogP contribution in [0.2, 0.25) is 0 Å². The molecule has 0 bridgehead atoms. The van der Waals surface area contributed by atoms with Gasteiger partial charge in [0.05, 0.1) is 18.2 Å². The summed E-state index contributed by atoms with van der Waals surface area (Å²) in [5.41, 5.74) is 4.52. The molecule has 0 radical (unpaired) electrons. The zero-order valence-electron chi connectivity index (χ0n) is 17.3. The number of amides is 1. The first-order chi connectivity index (χ1) is 15.5. The normalized spacial score (nSPS) is 15.9. The van der Waals surface area contributed by atoms with Crippen molar-refractivity contribution in [2.24, 2.45) is 0 Å². The second kappa shape index (κ2) is 8.39. The predicted molar refractivity (Wildman–Crippen MR) is 120 cm³/mol. The van der Waals surface area contributed by atoms with E-state index in [0.717, 1.165) is 22.3 Å². The summed E-state index contributed by atoms with van der Waals surface area (Å²) in [5, 5.41) is 16.5. The molecule has 8 heteroatoms. The molecule has 0 aliphatic carbocycles. The molecular weight excluding hydrogens is 409 g/mol. The number of aliphatic hydroxyl groups is 1. The Balaban J connectivity index is 1.22. The van der Waals surface area contributed by atoms with E-state index in [1.54, 1.807) is 16.6 Å². The van der Waals surface area contributed by atoms with E-state index in [4.69, 9.17) is 0 Å². The molecule has 1 aliphatic heterocycles. The number of benzene rings is 2. The van der Waals surface area contributed by atoms with Gasteiger partial charge in [-0.1, -0.05) is 24.3 Å². The Bertz CT molecular complexity index is 1270. The highest BCUT2D eigenvalue weighted by atomic mass is 19.1. The Morgan fingerprint density at radius 2 is 1.97 bits per heavy atom. The third-order valence-corrected chi connectivity index (χ3v) is 5.67. The fourth-order valence-electron chi connectivity index (χ4n) is 4.00. The zero-order valence-corrected chi connectivity index (χ0v) is 17.3. The lowest BCUT2D eigenvalue weighted by atomic mass is 10.0. The van der Waals surface area contributed by atoms with Crippen LogP contribution < -0.4 is 10.2 Å². The fourth-order valence-corrected chi connectivity index (χ4v) is 4.00. The molecular formula is C24H22FN5O2. The summed E-state index contributed by atoms with van der Waals surface area (Å²) in [6, 6.07) is 16.3. The van der Waals surface area contributed by atoms with Gasteiger partial charge >= 0.3 is 0 Å². The van der Waals surface area contributed by atoms with Gasteiger partial charge in [-0.25, -0.2) is 13.9 Å². The first-order valence-corrected chi connectivity index (χ1v) is 10.5. The molecule has 3 heterocycles. The summed E-state index contributed by atoms with van der Waals surface area (Å²) in [4.78, 5) is 18.5. The van der Waals surface area contributed by atoms with Crippen LogP contribution in [-0.4, -0.2) is 44.8 Å². The number of anilines is 2. The van der Waals surface area contributed by atoms with Crippen molar-refractivity contribution in [3.05, 3.63) is 78.5 Å². The first-order valence-electron chi connectivity index (χ1n) is 10.5. The Kier molecular flexibility index (Phi) is 5.28. The van der Waals surface area contributed by atoms with Gasteiger partial charge in [0, 0.05) is 25.0 Å².